The molecule has 0 atom stereocenters. The van der Waals surface area contributed by atoms with Crippen molar-refractivity contribution in [1.82, 2.24) is 20.3 Å². The SMILES string of the molecule is CC(C)c1ccc(-c2nc(C(=O)NCc3nc(-c4ccncc4)cs3)cs2)cc1. The van der Waals surface area contributed by atoms with E-state index in [9.17, 15) is 4.79 Å². The first kappa shape index (κ1) is 19.4. The van der Waals surface area contributed by atoms with Crippen molar-refractivity contribution in [2.45, 2.75) is 26.3 Å². The molecule has 0 aliphatic heterocycles. The number of thiazole rings is 2. The van der Waals surface area contributed by atoms with E-state index in [0.29, 0.717) is 18.2 Å². The van der Waals surface area contributed by atoms with Crippen molar-refractivity contribution in [3.63, 3.8) is 0 Å². The number of pyridine rings is 1. The topological polar surface area (TPSA) is 67.8 Å². The zero-order valence-corrected chi connectivity index (χ0v) is 17.8. The third-order valence-corrected chi connectivity index (χ3v) is 6.23. The number of benzene rings is 1. The molecular formula is C22H20N4OS2. The monoisotopic (exact) mass is 420 g/mol. The van der Waals surface area contributed by atoms with Crippen LogP contribution in [0.3, 0.4) is 0 Å². The lowest BCUT2D eigenvalue weighted by molar-refractivity contribution is 0.0946. The highest BCUT2D eigenvalue weighted by Crippen LogP contribution is 2.26. The van der Waals surface area contributed by atoms with Crippen LogP contribution in [0.1, 0.15) is 40.8 Å². The third-order valence-electron chi connectivity index (χ3n) is 4.49. The molecule has 0 bridgehead atoms. The highest BCUT2D eigenvalue weighted by Gasteiger charge is 2.13. The molecule has 0 fully saturated rings. The molecule has 1 N–H and O–H groups in total. The summed E-state index contributed by atoms with van der Waals surface area (Å²) in [7, 11) is 0. The van der Waals surface area contributed by atoms with Crippen molar-refractivity contribution < 1.29 is 4.79 Å². The van der Waals surface area contributed by atoms with Gasteiger partial charge in [-0.15, -0.1) is 22.7 Å². The second kappa shape index (κ2) is 8.63. The molecule has 29 heavy (non-hydrogen) atoms. The van der Waals surface area contributed by atoms with Crippen molar-refractivity contribution in [1.29, 1.82) is 0 Å². The number of amides is 1. The molecule has 0 saturated carbocycles. The lowest BCUT2D eigenvalue weighted by atomic mass is 10.0. The van der Waals surface area contributed by atoms with E-state index in [1.54, 1.807) is 17.8 Å². The van der Waals surface area contributed by atoms with Gasteiger partial charge in [-0.05, 0) is 23.6 Å². The Hall–Kier alpha value is -2.90. The smallest absolute Gasteiger partial charge is 0.271 e. The van der Waals surface area contributed by atoms with Crippen molar-refractivity contribution in [2.75, 3.05) is 0 Å². The first-order chi connectivity index (χ1) is 14.1. The van der Waals surface area contributed by atoms with Gasteiger partial charge in [0.15, 0.2) is 0 Å². The highest BCUT2D eigenvalue weighted by molar-refractivity contribution is 7.13. The van der Waals surface area contributed by atoms with Crippen molar-refractivity contribution in [3.05, 3.63) is 75.8 Å². The Morgan fingerprint density at radius 1 is 0.966 bits per heavy atom. The molecule has 3 aromatic heterocycles. The van der Waals surface area contributed by atoms with Gasteiger partial charge in [-0.2, -0.15) is 0 Å². The van der Waals surface area contributed by atoms with Gasteiger partial charge in [0.2, 0.25) is 0 Å². The Morgan fingerprint density at radius 2 is 1.72 bits per heavy atom. The van der Waals surface area contributed by atoms with Gasteiger partial charge in [0, 0.05) is 34.3 Å². The quantitative estimate of drug-likeness (QED) is 0.455. The first-order valence-electron chi connectivity index (χ1n) is 9.29. The Bertz CT molecular complexity index is 1100. The fraction of sp³-hybridized carbons (Fsp3) is 0.182. The van der Waals surface area contributed by atoms with E-state index < -0.39 is 0 Å². The van der Waals surface area contributed by atoms with E-state index in [2.05, 4.69) is 58.4 Å². The zero-order valence-electron chi connectivity index (χ0n) is 16.1. The fourth-order valence-corrected chi connectivity index (χ4v) is 4.36. The van der Waals surface area contributed by atoms with E-state index in [4.69, 9.17) is 0 Å². The molecule has 4 aromatic rings. The predicted molar refractivity (Wildman–Crippen MR) is 118 cm³/mol. The van der Waals surface area contributed by atoms with Gasteiger partial charge in [0.05, 0.1) is 12.2 Å². The number of aromatic nitrogens is 3. The number of nitrogens with one attached hydrogen (secondary N) is 1. The standard InChI is InChI=1S/C22H20N4OS2/c1-14(2)15-3-5-17(6-4-15)22-26-19(13-29-22)21(27)24-11-20-25-18(12-28-20)16-7-9-23-10-8-16/h3-10,12-14H,11H2,1-2H3,(H,24,27). The van der Waals surface area contributed by atoms with Gasteiger partial charge in [0.25, 0.3) is 5.91 Å². The average molecular weight is 421 g/mol. The van der Waals surface area contributed by atoms with Crippen LogP contribution in [0.4, 0.5) is 0 Å². The van der Waals surface area contributed by atoms with Gasteiger partial charge >= 0.3 is 0 Å². The molecule has 146 valence electrons. The summed E-state index contributed by atoms with van der Waals surface area (Å²) in [5.41, 5.74) is 4.66. The van der Waals surface area contributed by atoms with E-state index in [1.165, 1.54) is 28.2 Å². The lowest BCUT2D eigenvalue weighted by Gasteiger charge is -2.05. The molecule has 0 radical (unpaired) electrons. The van der Waals surface area contributed by atoms with Crippen LogP contribution in [0, 0.1) is 0 Å². The van der Waals surface area contributed by atoms with Crippen LogP contribution in [0.15, 0.2) is 59.6 Å². The van der Waals surface area contributed by atoms with Gasteiger partial charge < -0.3 is 5.32 Å². The third kappa shape index (κ3) is 4.58. The van der Waals surface area contributed by atoms with Crippen LogP contribution in [0.5, 0.6) is 0 Å². The molecular weight excluding hydrogens is 400 g/mol. The lowest BCUT2D eigenvalue weighted by Crippen LogP contribution is -2.23. The summed E-state index contributed by atoms with van der Waals surface area (Å²) in [6.07, 6.45) is 3.48. The van der Waals surface area contributed by atoms with Gasteiger partial charge in [-0.25, -0.2) is 9.97 Å². The van der Waals surface area contributed by atoms with Crippen LogP contribution >= 0.6 is 22.7 Å². The molecule has 7 heteroatoms. The summed E-state index contributed by atoms with van der Waals surface area (Å²) in [5.74, 6) is 0.304. The maximum Gasteiger partial charge on any atom is 0.271 e. The van der Waals surface area contributed by atoms with Gasteiger partial charge in [-0.3, -0.25) is 9.78 Å². The summed E-state index contributed by atoms with van der Waals surface area (Å²) in [5, 5.41) is 8.39. The Balaban J connectivity index is 1.39. The molecule has 0 aliphatic rings. The Morgan fingerprint density at radius 3 is 2.45 bits per heavy atom. The Kier molecular flexibility index (Phi) is 5.78. The zero-order chi connectivity index (χ0) is 20.2. The van der Waals surface area contributed by atoms with Crippen molar-refractivity contribution >= 4 is 28.6 Å². The van der Waals surface area contributed by atoms with E-state index >= 15 is 0 Å². The highest BCUT2D eigenvalue weighted by atomic mass is 32.1. The van der Waals surface area contributed by atoms with Crippen molar-refractivity contribution in [3.8, 4) is 21.8 Å². The maximum absolute atomic E-state index is 12.5. The number of nitrogens with zero attached hydrogens (tertiary/aromatic N) is 3. The second-order valence-corrected chi connectivity index (χ2v) is 8.66. The van der Waals surface area contributed by atoms with Crippen LogP contribution < -0.4 is 5.32 Å². The summed E-state index contributed by atoms with van der Waals surface area (Å²) >= 11 is 3.00. The number of hydrogen-bond donors (Lipinski definition) is 1. The summed E-state index contributed by atoms with van der Waals surface area (Å²) in [6, 6.07) is 12.2. The molecule has 5 nitrogen and oxygen atoms in total. The number of carbonyl (C=O) groups is 1. The van der Waals surface area contributed by atoms with E-state index in [0.717, 1.165) is 26.8 Å². The summed E-state index contributed by atoms with van der Waals surface area (Å²) < 4.78 is 0. The van der Waals surface area contributed by atoms with Crippen LogP contribution in [0.2, 0.25) is 0 Å². The first-order valence-corrected chi connectivity index (χ1v) is 11.0. The molecule has 0 saturated heterocycles. The summed E-state index contributed by atoms with van der Waals surface area (Å²) in [6.45, 7) is 4.72. The van der Waals surface area contributed by atoms with Crippen molar-refractivity contribution in [2.24, 2.45) is 0 Å². The van der Waals surface area contributed by atoms with Gasteiger partial charge in [0.1, 0.15) is 15.7 Å². The molecule has 0 spiro atoms. The van der Waals surface area contributed by atoms with Crippen LogP contribution in [0.25, 0.3) is 21.8 Å². The van der Waals surface area contributed by atoms with E-state index in [1.807, 2.05) is 17.5 Å². The Labute approximate surface area is 177 Å². The minimum atomic E-state index is -0.188. The number of carbonyl (C=O) groups excluding carboxylic acids is 1. The molecule has 0 unspecified atom stereocenters. The predicted octanol–water partition coefficient (Wildman–Crippen LogP) is 5.38. The van der Waals surface area contributed by atoms with Crippen LogP contribution in [-0.2, 0) is 6.54 Å². The maximum atomic E-state index is 12.5. The number of rotatable bonds is 6. The second-order valence-electron chi connectivity index (χ2n) is 6.86. The summed E-state index contributed by atoms with van der Waals surface area (Å²) in [4.78, 5) is 25.6. The largest absolute Gasteiger partial charge is 0.344 e. The molecule has 0 aliphatic carbocycles. The minimum absolute atomic E-state index is 0.188. The number of hydrogen-bond acceptors (Lipinski definition) is 6. The minimum Gasteiger partial charge on any atom is -0.344 e. The fourth-order valence-electron chi connectivity index (χ4n) is 2.82. The average Bonchev–Trinajstić information content (AvgIpc) is 3.43. The molecule has 3 heterocycles. The molecule has 1 aromatic carbocycles. The normalized spacial score (nSPS) is 11.0. The van der Waals surface area contributed by atoms with Gasteiger partial charge in [-0.1, -0.05) is 38.1 Å². The van der Waals surface area contributed by atoms with E-state index in [-0.39, 0.29) is 5.91 Å². The van der Waals surface area contributed by atoms with Crippen LogP contribution in [-0.4, -0.2) is 20.9 Å². The molecule has 1 amide bonds. The molecule has 4 rings (SSSR count).